The first kappa shape index (κ1) is 12.0. The van der Waals surface area contributed by atoms with Crippen LogP contribution in [0.3, 0.4) is 0 Å². The molecule has 0 aromatic carbocycles. The van der Waals surface area contributed by atoms with Crippen LogP contribution in [0.2, 0.25) is 0 Å². The van der Waals surface area contributed by atoms with E-state index in [1.54, 1.807) is 0 Å². The van der Waals surface area contributed by atoms with Crippen LogP contribution in [0.4, 0.5) is 0 Å². The number of nitrogens with one attached hydrogen (secondary N) is 1. The SMILES string of the molecule is CNC(C)C(C)OCC1CCOCC1. The zero-order chi connectivity index (χ0) is 10.4. The van der Waals surface area contributed by atoms with Crippen LogP contribution in [0.5, 0.6) is 0 Å². The van der Waals surface area contributed by atoms with Gasteiger partial charge in [0.1, 0.15) is 0 Å². The molecule has 1 aliphatic heterocycles. The van der Waals surface area contributed by atoms with E-state index >= 15 is 0 Å². The van der Waals surface area contributed by atoms with Crippen molar-refractivity contribution in [3.05, 3.63) is 0 Å². The molecule has 2 atom stereocenters. The second kappa shape index (κ2) is 6.38. The molecule has 0 aliphatic carbocycles. The van der Waals surface area contributed by atoms with Crippen LogP contribution in [-0.4, -0.2) is 39.0 Å². The van der Waals surface area contributed by atoms with Crippen molar-refractivity contribution >= 4 is 0 Å². The molecule has 1 saturated heterocycles. The van der Waals surface area contributed by atoms with Gasteiger partial charge in [0.25, 0.3) is 0 Å². The molecule has 2 unspecified atom stereocenters. The third-order valence-electron chi connectivity index (χ3n) is 3.10. The Kier molecular flexibility index (Phi) is 5.45. The quantitative estimate of drug-likeness (QED) is 0.730. The summed E-state index contributed by atoms with van der Waals surface area (Å²) in [6, 6.07) is 0.426. The summed E-state index contributed by atoms with van der Waals surface area (Å²) in [5, 5.41) is 3.20. The van der Waals surface area contributed by atoms with Gasteiger partial charge in [0, 0.05) is 25.9 Å². The Morgan fingerprint density at radius 2 is 2.00 bits per heavy atom. The minimum absolute atomic E-state index is 0.294. The molecule has 3 nitrogen and oxygen atoms in total. The fourth-order valence-electron chi connectivity index (χ4n) is 1.58. The smallest absolute Gasteiger partial charge is 0.0697 e. The second-order valence-corrected chi connectivity index (χ2v) is 4.17. The third kappa shape index (κ3) is 3.95. The van der Waals surface area contributed by atoms with Crippen LogP contribution in [0.1, 0.15) is 26.7 Å². The van der Waals surface area contributed by atoms with E-state index < -0.39 is 0 Å². The van der Waals surface area contributed by atoms with Crippen molar-refractivity contribution in [2.45, 2.75) is 38.8 Å². The van der Waals surface area contributed by atoms with Gasteiger partial charge in [0.2, 0.25) is 0 Å². The Hall–Kier alpha value is -0.120. The summed E-state index contributed by atoms with van der Waals surface area (Å²) < 4.78 is 11.1. The van der Waals surface area contributed by atoms with Crippen molar-refractivity contribution in [3.63, 3.8) is 0 Å². The highest BCUT2D eigenvalue weighted by molar-refractivity contribution is 4.68. The highest BCUT2D eigenvalue weighted by Crippen LogP contribution is 2.15. The highest BCUT2D eigenvalue weighted by atomic mass is 16.5. The Morgan fingerprint density at radius 1 is 1.36 bits per heavy atom. The zero-order valence-electron chi connectivity index (χ0n) is 9.58. The topological polar surface area (TPSA) is 30.5 Å². The van der Waals surface area contributed by atoms with Gasteiger partial charge in [0.05, 0.1) is 6.10 Å². The number of rotatable bonds is 5. The Balaban J connectivity index is 2.12. The van der Waals surface area contributed by atoms with Crippen molar-refractivity contribution in [2.75, 3.05) is 26.9 Å². The number of hydrogen-bond acceptors (Lipinski definition) is 3. The summed E-state index contributed by atoms with van der Waals surface area (Å²) in [5.41, 5.74) is 0. The van der Waals surface area contributed by atoms with Crippen molar-refractivity contribution in [1.82, 2.24) is 5.32 Å². The molecule has 0 radical (unpaired) electrons. The summed E-state index contributed by atoms with van der Waals surface area (Å²) in [5.74, 6) is 0.704. The molecular formula is C11H23NO2. The maximum absolute atomic E-state index is 5.82. The molecule has 0 aromatic rings. The van der Waals surface area contributed by atoms with Gasteiger partial charge in [-0.25, -0.2) is 0 Å². The first-order chi connectivity index (χ1) is 6.74. The molecule has 0 aromatic heterocycles. The molecule has 0 amide bonds. The lowest BCUT2D eigenvalue weighted by atomic mass is 10.0. The van der Waals surface area contributed by atoms with Crippen LogP contribution >= 0.6 is 0 Å². The van der Waals surface area contributed by atoms with Gasteiger partial charge in [-0.05, 0) is 39.7 Å². The molecule has 1 heterocycles. The fraction of sp³-hybridized carbons (Fsp3) is 1.00. The normalized spacial score (nSPS) is 23.4. The van der Waals surface area contributed by atoms with Crippen LogP contribution in [-0.2, 0) is 9.47 Å². The van der Waals surface area contributed by atoms with Gasteiger partial charge in [-0.2, -0.15) is 0 Å². The van der Waals surface area contributed by atoms with Crippen LogP contribution in [0.25, 0.3) is 0 Å². The van der Waals surface area contributed by atoms with Crippen LogP contribution < -0.4 is 5.32 Å². The van der Waals surface area contributed by atoms with Gasteiger partial charge in [-0.3, -0.25) is 0 Å². The van der Waals surface area contributed by atoms with Gasteiger partial charge in [-0.15, -0.1) is 0 Å². The standard InChI is InChI=1S/C11H23NO2/c1-9(12-3)10(2)14-8-11-4-6-13-7-5-11/h9-12H,4-8H2,1-3H3. The van der Waals surface area contributed by atoms with E-state index in [0.717, 1.165) is 32.7 Å². The number of ether oxygens (including phenoxy) is 2. The highest BCUT2D eigenvalue weighted by Gasteiger charge is 2.17. The van der Waals surface area contributed by atoms with Crippen LogP contribution in [0.15, 0.2) is 0 Å². The third-order valence-corrected chi connectivity index (χ3v) is 3.10. The lowest BCUT2D eigenvalue weighted by molar-refractivity contribution is -0.0140. The minimum atomic E-state index is 0.294. The van der Waals surface area contributed by atoms with E-state index in [4.69, 9.17) is 9.47 Å². The Bertz CT molecular complexity index is 144. The minimum Gasteiger partial charge on any atom is -0.381 e. The largest absolute Gasteiger partial charge is 0.381 e. The monoisotopic (exact) mass is 201 g/mol. The van der Waals surface area contributed by atoms with Crippen molar-refractivity contribution in [3.8, 4) is 0 Å². The molecule has 1 aliphatic rings. The average molecular weight is 201 g/mol. The van der Waals surface area contributed by atoms with Gasteiger partial charge in [0.15, 0.2) is 0 Å². The number of likely N-dealkylation sites (N-methyl/N-ethyl adjacent to an activating group) is 1. The maximum Gasteiger partial charge on any atom is 0.0697 e. The number of hydrogen-bond donors (Lipinski definition) is 1. The zero-order valence-corrected chi connectivity index (χ0v) is 9.58. The molecule has 0 spiro atoms. The van der Waals surface area contributed by atoms with Crippen molar-refractivity contribution in [1.29, 1.82) is 0 Å². The van der Waals surface area contributed by atoms with Gasteiger partial charge < -0.3 is 14.8 Å². The molecule has 14 heavy (non-hydrogen) atoms. The molecular weight excluding hydrogens is 178 g/mol. The molecule has 1 N–H and O–H groups in total. The summed E-state index contributed by atoms with van der Waals surface area (Å²) in [7, 11) is 1.97. The van der Waals surface area contributed by atoms with E-state index in [2.05, 4.69) is 19.2 Å². The predicted molar refractivity (Wildman–Crippen MR) is 57.5 cm³/mol. The second-order valence-electron chi connectivity index (χ2n) is 4.17. The van der Waals surface area contributed by atoms with E-state index in [1.807, 2.05) is 7.05 Å². The van der Waals surface area contributed by atoms with Crippen molar-refractivity contribution < 1.29 is 9.47 Å². The van der Waals surface area contributed by atoms with Crippen LogP contribution in [0, 0.1) is 5.92 Å². The first-order valence-corrected chi connectivity index (χ1v) is 5.60. The van der Waals surface area contributed by atoms with Gasteiger partial charge >= 0.3 is 0 Å². The molecule has 1 fully saturated rings. The lowest BCUT2D eigenvalue weighted by Gasteiger charge is -2.26. The van der Waals surface area contributed by atoms with Gasteiger partial charge in [-0.1, -0.05) is 0 Å². The molecule has 3 heteroatoms. The summed E-state index contributed by atoms with van der Waals surface area (Å²) in [6.07, 6.45) is 2.60. The van der Waals surface area contributed by atoms with E-state index in [9.17, 15) is 0 Å². The Morgan fingerprint density at radius 3 is 2.57 bits per heavy atom. The first-order valence-electron chi connectivity index (χ1n) is 5.60. The lowest BCUT2D eigenvalue weighted by Crippen LogP contribution is -2.36. The summed E-state index contributed by atoms with van der Waals surface area (Å²) in [4.78, 5) is 0. The molecule has 84 valence electrons. The Labute approximate surface area is 87.2 Å². The molecule has 0 bridgehead atoms. The maximum atomic E-state index is 5.82. The molecule has 1 rings (SSSR count). The summed E-state index contributed by atoms with van der Waals surface area (Å²) >= 11 is 0. The fourth-order valence-corrected chi connectivity index (χ4v) is 1.58. The predicted octanol–water partition coefficient (Wildman–Crippen LogP) is 1.43. The molecule has 0 saturated carbocycles. The van der Waals surface area contributed by atoms with E-state index in [0.29, 0.717) is 18.1 Å². The van der Waals surface area contributed by atoms with Crippen molar-refractivity contribution in [2.24, 2.45) is 5.92 Å². The van der Waals surface area contributed by atoms with E-state index in [-0.39, 0.29) is 0 Å². The summed E-state index contributed by atoms with van der Waals surface area (Å²) in [6.45, 7) is 6.97. The average Bonchev–Trinajstić information content (AvgIpc) is 2.26. The van der Waals surface area contributed by atoms with E-state index in [1.165, 1.54) is 0 Å².